The van der Waals surface area contributed by atoms with Gasteiger partial charge in [-0.15, -0.1) is 0 Å². The fourth-order valence-electron chi connectivity index (χ4n) is 4.52. The summed E-state index contributed by atoms with van der Waals surface area (Å²) in [6.07, 6.45) is 3.22. The minimum absolute atomic E-state index is 0.0331. The summed E-state index contributed by atoms with van der Waals surface area (Å²) in [5, 5.41) is 3.30. The molecule has 0 unspecified atom stereocenters. The third-order valence-electron chi connectivity index (χ3n) is 5.89. The Hall–Kier alpha value is -3.06. The van der Waals surface area contributed by atoms with Gasteiger partial charge in [-0.3, -0.25) is 0 Å². The summed E-state index contributed by atoms with van der Waals surface area (Å²) in [5.74, 6) is 1.51. The molecule has 0 bridgehead atoms. The van der Waals surface area contributed by atoms with Crippen molar-refractivity contribution in [1.29, 1.82) is 0 Å². The molecule has 2 saturated heterocycles. The second-order valence-electron chi connectivity index (χ2n) is 8.84. The minimum atomic E-state index is -0.0331. The van der Waals surface area contributed by atoms with Crippen molar-refractivity contribution < 1.29 is 0 Å². The summed E-state index contributed by atoms with van der Waals surface area (Å²) in [4.78, 5) is 25.6. The second kappa shape index (κ2) is 8.47. The van der Waals surface area contributed by atoms with E-state index in [4.69, 9.17) is 27.9 Å². The SMILES string of the molecule is N[C@@H]1C[C@H](N)CN(c2nc(Nc3ccc4[nH]cnc4c3)nc(N3C[C@H](N)C[C@H](N)C3)n2)C1. The molecule has 4 atom stereocenters. The van der Waals surface area contributed by atoms with Crippen molar-refractivity contribution in [2.75, 3.05) is 41.3 Å². The van der Waals surface area contributed by atoms with E-state index in [0.717, 1.165) is 29.6 Å². The first-order valence-electron chi connectivity index (χ1n) is 10.9. The Morgan fingerprint density at radius 1 is 0.812 bits per heavy atom. The van der Waals surface area contributed by atoms with Gasteiger partial charge in [-0.2, -0.15) is 15.0 Å². The molecule has 5 rings (SSSR count). The average Bonchev–Trinajstić information content (AvgIpc) is 3.20. The highest BCUT2D eigenvalue weighted by atomic mass is 15.4. The van der Waals surface area contributed by atoms with Crippen LogP contribution in [0.1, 0.15) is 12.8 Å². The molecule has 32 heavy (non-hydrogen) atoms. The zero-order chi connectivity index (χ0) is 22.2. The number of imidazole rings is 1. The zero-order valence-corrected chi connectivity index (χ0v) is 17.9. The molecule has 0 saturated carbocycles. The van der Waals surface area contributed by atoms with Crippen LogP contribution in [0.5, 0.6) is 0 Å². The molecule has 2 aromatic heterocycles. The van der Waals surface area contributed by atoms with Gasteiger partial charge in [0.25, 0.3) is 0 Å². The van der Waals surface area contributed by atoms with Crippen molar-refractivity contribution in [3.8, 4) is 0 Å². The Morgan fingerprint density at radius 2 is 1.38 bits per heavy atom. The van der Waals surface area contributed by atoms with Gasteiger partial charge in [0.15, 0.2) is 0 Å². The van der Waals surface area contributed by atoms with Crippen LogP contribution in [0.2, 0.25) is 0 Å². The lowest BCUT2D eigenvalue weighted by molar-refractivity contribution is 0.441. The number of piperidine rings is 2. The van der Waals surface area contributed by atoms with Crippen molar-refractivity contribution >= 4 is 34.6 Å². The van der Waals surface area contributed by atoms with Crippen LogP contribution < -0.4 is 38.1 Å². The highest BCUT2D eigenvalue weighted by Crippen LogP contribution is 2.24. The Kier molecular flexibility index (Phi) is 5.51. The molecule has 2 aliphatic rings. The van der Waals surface area contributed by atoms with Gasteiger partial charge in [0.1, 0.15) is 0 Å². The van der Waals surface area contributed by atoms with E-state index < -0.39 is 0 Å². The number of nitrogens with one attached hydrogen (secondary N) is 2. The van der Waals surface area contributed by atoms with Gasteiger partial charge in [-0.1, -0.05) is 0 Å². The third kappa shape index (κ3) is 4.43. The van der Waals surface area contributed by atoms with E-state index in [-0.39, 0.29) is 24.2 Å². The maximum Gasteiger partial charge on any atom is 0.233 e. The molecular formula is C20H30N12. The molecule has 170 valence electrons. The first kappa shape index (κ1) is 20.8. The van der Waals surface area contributed by atoms with Gasteiger partial charge in [-0.05, 0) is 31.0 Å². The van der Waals surface area contributed by atoms with E-state index in [1.165, 1.54) is 0 Å². The topological polar surface area (TPSA) is 190 Å². The van der Waals surface area contributed by atoms with Gasteiger partial charge in [-0.25, -0.2) is 4.98 Å². The van der Waals surface area contributed by atoms with Crippen LogP contribution in [0.3, 0.4) is 0 Å². The minimum Gasteiger partial charge on any atom is -0.345 e. The summed E-state index contributed by atoms with van der Waals surface area (Å²) >= 11 is 0. The summed E-state index contributed by atoms with van der Waals surface area (Å²) in [6, 6.07) is 5.71. The third-order valence-corrected chi connectivity index (χ3v) is 5.89. The number of nitrogens with two attached hydrogens (primary N) is 4. The van der Waals surface area contributed by atoms with E-state index in [1.807, 2.05) is 28.0 Å². The zero-order valence-electron chi connectivity index (χ0n) is 17.9. The number of rotatable bonds is 4. The molecular weight excluding hydrogens is 408 g/mol. The van der Waals surface area contributed by atoms with Gasteiger partial charge in [0, 0.05) is 56.0 Å². The summed E-state index contributed by atoms with van der Waals surface area (Å²) in [6.45, 7) is 2.54. The number of hydrogen-bond donors (Lipinski definition) is 6. The molecule has 4 heterocycles. The molecule has 2 aliphatic heterocycles. The molecule has 2 fully saturated rings. The molecule has 0 spiro atoms. The van der Waals surface area contributed by atoms with Crippen LogP contribution in [0.25, 0.3) is 11.0 Å². The van der Waals surface area contributed by atoms with Gasteiger partial charge in [0.2, 0.25) is 17.8 Å². The first-order chi connectivity index (χ1) is 15.4. The van der Waals surface area contributed by atoms with Crippen LogP contribution in [0.15, 0.2) is 24.5 Å². The van der Waals surface area contributed by atoms with E-state index in [1.54, 1.807) is 6.33 Å². The molecule has 0 radical (unpaired) electrons. The lowest BCUT2D eigenvalue weighted by atomic mass is 10.0. The number of aromatic amines is 1. The Morgan fingerprint density at radius 3 is 1.94 bits per heavy atom. The van der Waals surface area contributed by atoms with Gasteiger partial charge in [0.05, 0.1) is 17.4 Å². The van der Waals surface area contributed by atoms with E-state index >= 15 is 0 Å². The summed E-state index contributed by atoms with van der Waals surface area (Å²) in [7, 11) is 0. The van der Waals surface area contributed by atoms with Gasteiger partial charge < -0.3 is 43.0 Å². The number of aromatic nitrogens is 5. The molecule has 10 N–H and O–H groups in total. The number of anilines is 4. The van der Waals surface area contributed by atoms with Crippen molar-refractivity contribution in [1.82, 2.24) is 24.9 Å². The number of hydrogen-bond acceptors (Lipinski definition) is 11. The number of fused-ring (bicyclic) bond motifs is 1. The Balaban J connectivity index is 1.49. The van der Waals surface area contributed by atoms with Crippen molar-refractivity contribution in [3.05, 3.63) is 24.5 Å². The number of H-pyrrole nitrogens is 1. The molecule has 0 amide bonds. The van der Waals surface area contributed by atoms with Crippen LogP contribution in [-0.2, 0) is 0 Å². The fraction of sp³-hybridized carbons (Fsp3) is 0.500. The predicted molar refractivity (Wildman–Crippen MR) is 125 cm³/mol. The fourth-order valence-corrected chi connectivity index (χ4v) is 4.52. The molecule has 0 aliphatic carbocycles. The van der Waals surface area contributed by atoms with Crippen LogP contribution in [0, 0.1) is 0 Å². The normalized spacial score (nSPS) is 26.5. The highest BCUT2D eigenvalue weighted by molar-refractivity contribution is 5.79. The van der Waals surface area contributed by atoms with Crippen molar-refractivity contribution in [3.63, 3.8) is 0 Å². The van der Waals surface area contributed by atoms with Gasteiger partial charge >= 0.3 is 0 Å². The second-order valence-corrected chi connectivity index (χ2v) is 8.84. The number of nitrogens with zero attached hydrogens (tertiary/aromatic N) is 6. The molecule has 12 heteroatoms. The lowest BCUT2D eigenvalue weighted by Gasteiger charge is -2.37. The van der Waals surface area contributed by atoms with Crippen LogP contribution in [0.4, 0.5) is 23.5 Å². The van der Waals surface area contributed by atoms with Crippen LogP contribution in [-0.4, -0.2) is 75.3 Å². The van der Waals surface area contributed by atoms with Crippen LogP contribution >= 0.6 is 0 Å². The monoisotopic (exact) mass is 438 g/mol. The maximum absolute atomic E-state index is 6.21. The van der Waals surface area contributed by atoms with Crippen molar-refractivity contribution in [2.45, 2.75) is 37.0 Å². The summed E-state index contributed by atoms with van der Waals surface area (Å²) < 4.78 is 0. The predicted octanol–water partition coefficient (Wildman–Crippen LogP) is -0.779. The highest BCUT2D eigenvalue weighted by Gasteiger charge is 2.28. The summed E-state index contributed by atoms with van der Waals surface area (Å²) in [5.41, 5.74) is 27.5. The standard InChI is InChI=1S/C20H30N12/c21-11-3-12(22)7-31(6-11)19-28-18(27-15-1-2-16-17(5-15)26-10-25-16)29-20(30-19)32-8-13(23)4-14(24)9-32/h1-2,5,10-14H,3-4,6-9,21-24H2,(H,25,26)(H,27,28,29,30)/t11-,12+,13-,14+. The average molecular weight is 439 g/mol. The quantitative estimate of drug-likeness (QED) is 0.299. The smallest absolute Gasteiger partial charge is 0.233 e. The Bertz CT molecular complexity index is 1020. The molecule has 1 aromatic carbocycles. The largest absolute Gasteiger partial charge is 0.345 e. The van der Waals surface area contributed by atoms with E-state index in [2.05, 4.69) is 25.3 Å². The molecule has 3 aromatic rings. The number of benzene rings is 1. The van der Waals surface area contributed by atoms with Crippen molar-refractivity contribution in [2.24, 2.45) is 22.9 Å². The lowest BCUT2D eigenvalue weighted by Crippen LogP contribution is -2.54. The molecule has 12 nitrogen and oxygen atoms in total. The van der Waals surface area contributed by atoms with E-state index in [9.17, 15) is 0 Å². The first-order valence-corrected chi connectivity index (χ1v) is 10.9. The maximum atomic E-state index is 6.21. The van der Waals surface area contributed by atoms with E-state index in [0.29, 0.717) is 44.0 Å². The Labute approximate surface area is 185 Å².